The number of rotatable bonds is 9. The molecule has 2 saturated heterocycles. The normalized spacial score (nSPS) is 20.5. The number of morpholine rings is 1. The molecule has 0 radical (unpaired) electrons. The molecular formula is C28H34ClN5O3. The second kappa shape index (κ2) is 10.9. The van der Waals surface area contributed by atoms with Crippen molar-refractivity contribution in [2.75, 3.05) is 13.2 Å². The standard InChI is InChI=1S/C28H34ClN5O3/c1-18(2)11-25(35)15-32-27(21-5-4-6-22(29)13-21)31-34(28(32)36)26-10-7-20(14-30-26)12-19(3)33-23-8-9-24(33)17-37-16-23/h4-7,10,13-14,18-19,23-24H,8-9,11-12,15-17H2,1-3H3/t19-,23?,24?/m0/s1. The summed E-state index contributed by atoms with van der Waals surface area (Å²) >= 11 is 6.21. The van der Waals surface area contributed by atoms with E-state index in [0.717, 1.165) is 25.2 Å². The maximum absolute atomic E-state index is 13.4. The molecule has 4 heterocycles. The number of carbonyl (C=O) groups is 1. The third-order valence-corrected chi connectivity index (χ3v) is 7.51. The zero-order chi connectivity index (χ0) is 26.1. The van der Waals surface area contributed by atoms with Crippen LogP contribution in [0.5, 0.6) is 0 Å². The Balaban J connectivity index is 1.40. The molecule has 2 aromatic heterocycles. The van der Waals surface area contributed by atoms with Crippen LogP contribution >= 0.6 is 11.6 Å². The molecule has 3 aromatic rings. The van der Waals surface area contributed by atoms with Crippen LogP contribution in [-0.4, -0.2) is 61.4 Å². The highest BCUT2D eigenvalue weighted by atomic mass is 35.5. The van der Waals surface area contributed by atoms with Gasteiger partial charge in [0.15, 0.2) is 17.4 Å². The van der Waals surface area contributed by atoms with Crippen LogP contribution in [-0.2, 0) is 22.5 Å². The second-order valence-electron chi connectivity index (χ2n) is 10.7. The van der Waals surface area contributed by atoms with E-state index in [0.29, 0.717) is 46.8 Å². The number of ketones is 1. The molecule has 9 heteroatoms. The average molecular weight is 524 g/mol. The topological polar surface area (TPSA) is 82.2 Å². The van der Waals surface area contributed by atoms with E-state index in [1.807, 2.05) is 38.2 Å². The minimum absolute atomic E-state index is 0.0192. The van der Waals surface area contributed by atoms with Crippen molar-refractivity contribution in [1.82, 2.24) is 24.2 Å². The van der Waals surface area contributed by atoms with Gasteiger partial charge in [0.05, 0.1) is 19.8 Å². The van der Waals surface area contributed by atoms with E-state index in [4.69, 9.17) is 16.3 Å². The van der Waals surface area contributed by atoms with Crippen LogP contribution < -0.4 is 5.69 Å². The minimum Gasteiger partial charge on any atom is -0.378 e. The van der Waals surface area contributed by atoms with Gasteiger partial charge in [0.25, 0.3) is 0 Å². The highest BCUT2D eigenvalue weighted by Crippen LogP contribution is 2.31. The Hall–Kier alpha value is -2.81. The Morgan fingerprint density at radius 3 is 2.54 bits per heavy atom. The summed E-state index contributed by atoms with van der Waals surface area (Å²) in [6.45, 7) is 7.82. The van der Waals surface area contributed by atoms with E-state index >= 15 is 0 Å². The predicted molar refractivity (Wildman–Crippen MR) is 143 cm³/mol. The fourth-order valence-electron chi connectivity index (χ4n) is 5.71. The SMILES string of the molecule is CC(C)CC(=O)Cn1c(-c2cccc(Cl)c2)nn(-c2ccc(C[C@H](C)N3C4CCC3COC4)cn2)c1=O. The number of benzene rings is 1. The molecule has 0 spiro atoms. The molecule has 2 aliphatic heterocycles. The maximum atomic E-state index is 13.4. The molecule has 2 aliphatic rings. The Morgan fingerprint density at radius 1 is 1.14 bits per heavy atom. The molecule has 0 amide bonds. The van der Waals surface area contributed by atoms with Crippen LogP contribution in [0, 0.1) is 5.92 Å². The van der Waals surface area contributed by atoms with Crippen molar-refractivity contribution in [2.24, 2.45) is 5.92 Å². The average Bonchev–Trinajstić information content (AvgIpc) is 3.31. The molecular weight excluding hydrogens is 490 g/mol. The van der Waals surface area contributed by atoms with Gasteiger partial charge in [-0.15, -0.1) is 5.10 Å². The molecule has 0 N–H and O–H groups in total. The van der Waals surface area contributed by atoms with Gasteiger partial charge < -0.3 is 4.74 Å². The summed E-state index contributed by atoms with van der Waals surface area (Å²) in [5, 5.41) is 5.12. The van der Waals surface area contributed by atoms with Crippen LogP contribution in [0.1, 0.15) is 45.6 Å². The van der Waals surface area contributed by atoms with E-state index in [2.05, 4.69) is 21.9 Å². The number of fused-ring (bicyclic) bond motifs is 2. The molecule has 0 saturated carbocycles. The Kier molecular flexibility index (Phi) is 7.60. The summed E-state index contributed by atoms with van der Waals surface area (Å²) in [5.41, 5.74) is 1.38. The lowest BCUT2D eigenvalue weighted by Gasteiger charge is -2.39. The van der Waals surface area contributed by atoms with Crippen LogP contribution in [0.15, 0.2) is 47.4 Å². The van der Waals surface area contributed by atoms with Gasteiger partial charge >= 0.3 is 5.69 Å². The first-order valence-electron chi connectivity index (χ1n) is 13.1. The van der Waals surface area contributed by atoms with Crippen molar-refractivity contribution in [2.45, 2.75) is 71.1 Å². The second-order valence-corrected chi connectivity index (χ2v) is 11.1. The summed E-state index contributed by atoms with van der Waals surface area (Å²) < 4.78 is 8.42. The van der Waals surface area contributed by atoms with E-state index in [9.17, 15) is 9.59 Å². The molecule has 37 heavy (non-hydrogen) atoms. The molecule has 0 aliphatic carbocycles. The van der Waals surface area contributed by atoms with E-state index in [1.54, 1.807) is 18.2 Å². The number of carbonyl (C=O) groups excluding carboxylic acids is 1. The van der Waals surface area contributed by atoms with Crippen molar-refractivity contribution in [3.05, 3.63) is 63.7 Å². The first-order chi connectivity index (χ1) is 17.8. The highest BCUT2D eigenvalue weighted by molar-refractivity contribution is 6.30. The van der Waals surface area contributed by atoms with Crippen LogP contribution in [0.3, 0.4) is 0 Å². The van der Waals surface area contributed by atoms with Crippen LogP contribution in [0.2, 0.25) is 5.02 Å². The molecule has 3 atom stereocenters. The fraction of sp³-hybridized carbons (Fsp3) is 0.500. The Bertz CT molecular complexity index is 1300. The zero-order valence-corrected chi connectivity index (χ0v) is 22.4. The molecule has 1 aromatic carbocycles. The summed E-state index contributed by atoms with van der Waals surface area (Å²) in [4.78, 5) is 33.3. The fourth-order valence-corrected chi connectivity index (χ4v) is 5.90. The van der Waals surface area contributed by atoms with Crippen molar-refractivity contribution >= 4 is 17.4 Å². The lowest BCUT2D eigenvalue weighted by atomic mass is 10.1. The number of nitrogens with zero attached hydrogens (tertiary/aromatic N) is 5. The van der Waals surface area contributed by atoms with Crippen LogP contribution in [0.25, 0.3) is 17.2 Å². The number of Topliss-reactive ketones (excluding diaryl/α,β-unsaturated/α-hetero) is 1. The quantitative estimate of drug-likeness (QED) is 0.419. The van der Waals surface area contributed by atoms with Crippen molar-refractivity contribution in [1.29, 1.82) is 0 Å². The van der Waals surface area contributed by atoms with Gasteiger partial charge in [-0.05, 0) is 55.9 Å². The molecule has 196 valence electrons. The third kappa shape index (κ3) is 5.56. The highest BCUT2D eigenvalue weighted by Gasteiger charge is 2.39. The number of ether oxygens (including phenoxy) is 1. The lowest BCUT2D eigenvalue weighted by molar-refractivity contribution is -0.120. The van der Waals surface area contributed by atoms with Gasteiger partial charge in [0.2, 0.25) is 0 Å². The van der Waals surface area contributed by atoms with E-state index in [1.165, 1.54) is 22.1 Å². The van der Waals surface area contributed by atoms with Gasteiger partial charge in [0, 0.05) is 41.3 Å². The van der Waals surface area contributed by atoms with Gasteiger partial charge in [0.1, 0.15) is 0 Å². The lowest BCUT2D eigenvalue weighted by Crippen LogP contribution is -2.50. The Labute approximate surface area is 222 Å². The first-order valence-corrected chi connectivity index (χ1v) is 13.5. The van der Waals surface area contributed by atoms with Crippen LogP contribution in [0.4, 0.5) is 0 Å². The Morgan fingerprint density at radius 2 is 1.89 bits per heavy atom. The molecule has 2 fully saturated rings. The van der Waals surface area contributed by atoms with E-state index in [-0.39, 0.29) is 18.2 Å². The van der Waals surface area contributed by atoms with E-state index < -0.39 is 5.69 Å². The molecule has 8 nitrogen and oxygen atoms in total. The third-order valence-electron chi connectivity index (χ3n) is 7.28. The number of halogens is 1. The minimum atomic E-state index is -0.398. The molecule has 5 rings (SSSR count). The molecule has 2 bridgehead atoms. The van der Waals surface area contributed by atoms with Crippen molar-refractivity contribution in [3.8, 4) is 17.2 Å². The monoisotopic (exact) mass is 523 g/mol. The summed E-state index contributed by atoms with van der Waals surface area (Å²) in [6.07, 6.45) is 5.49. The summed E-state index contributed by atoms with van der Waals surface area (Å²) in [5.74, 6) is 1.00. The first kappa shape index (κ1) is 25.8. The maximum Gasteiger partial charge on any atom is 0.352 e. The number of hydrogen-bond donors (Lipinski definition) is 0. The number of pyridine rings is 1. The van der Waals surface area contributed by atoms with Gasteiger partial charge in [-0.25, -0.2) is 9.78 Å². The van der Waals surface area contributed by atoms with Crippen molar-refractivity contribution in [3.63, 3.8) is 0 Å². The van der Waals surface area contributed by atoms with Gasteiger partial charge in [-0.3, -0.25) is 14.3 Å². The van der Waals surface area contributed by atoms with Gasteiger partial charge in [-0.1, -0.05) is 43.6 Å². The number of aromatic nitrogens is 4. The van der Waals surface area contributed by atoms with Gasteiger partial charge in [-0.2, -0.15) is 4.68 Å². The summed E-state index contributed by atoms with van der Waals surface area (Å²) in [7, 11) is 0. The summed E-state index contributed by atoms with van der Waals surface area (Å²) in [6, 6.07) is 12.4. The number of hydrogen-bond acceptors (Lipinski definition) is 6. The smallest absolute Gasteiger partial charge is 0.352 e. The molecule has 2 unspecified atom stereocenters. The zero-order valence-electron chi connectivity index (χ0n) is 21.6. The van der Waals surface area contributed by atoms with Crippen molar-refractivity contribution < 1.29 is 9.53 Å². The largest absolute Gasteiger partial charge is 0.378 e. The predicted octanol–water partition coefficient (Wildman–Crippen LogP) is 4.16.